The lowest BCUT2D eigenvalue weighted by atomic mass is 9.84. The zero-order chi connectivity index (χ0) is 13.0. The molecule has 0 heterocycles. The summed E-state index contributed by atoms with van der Waals surface area (Å²) in [7, 11) is 0. The van der Waals surface area contributed by atoms with Crippen molar-refractivity contribution < 1.29 is 4.79 Å². The Morgan fingerprint density at radius 2 is 1.53 bits per heavy atom. The normalized spacial score (nSPS) is 40.7. The van der Waals surface area contributed by atoms with Crippen LogP contribution in [-0.2, 0) is 4.79 Å². The summed E-state index contributed by atoms with van der Waals surface area (Å²) in [5.41, 5.74) is 6.35. The lowest BCUT2D eigenvalue weighted by Crippen LogP contribution is -2.48. The minimum atomic E-state index is 0.159. The third-order valence-corrected chi connectivity index (χ3v) is 5.93. The molecule has 4 aliphatic rings. The van der Waals surface area contributed by atoms with Crippen molar-refractivity contribution in [3.05, 3.63) is 0 Å². The highest BCUT2D eigenvalue weighted by atomic mass is 16.2. The molecule has 4 unspecified atom stereocenters. The van der Waals surface area contributed by atoms with Gasteiger partial charge in [0.1, 0.15) is 0 Å². The molecular weight excluding hydrogens is 236 g/mol. The number of hydrogen-bond acceptors (Lipinski definition) is 2. The Kier molecular flexibility index (Phi) is 2.87. The first-order valence-electron chi connectivity index (χ1n) is 8.26. The van der Waals surface area contributed by atoms with Gasteiger partial charge in [-0.25, -0.2) is 0 Å². The molecule has 0 spiro atoms. The van der Waals surface area contributed by atoms with Gasteiger partial charge in [0.25, 0.3) is 0 Å². The van der Waals surface area contributed by atoms with E-state index in [0.29, 0.717) is 17.7 Å². The van der Waals surface area contributed by atoms with Gasteiger partial charge in [-0.05, 0) is 68.6 Å². The molecule has 106 valence electrons. The Morgan fingerprint density at radius 3 is 2.00 bits per heavy atom. The molecule has 4 rings (SSSR count). The van der Waals surface area contributed by atoms with Crippen molar-refractivity contribution >= 4 is 5.91 Å². The van der Waals surface area contributed by atoms with Gasteiger partial charge in [0.05, 0.1) is 5.92 Å². The third kappa shape index (κ3) is 2.31. The van der Waals surface area contributed by atoms with E-state index in [4.69, 9.17) is 5.73 Å². The van der Waals surface area contributed by atoms with E-state index >= 15 is 0 Å². The van der Waals surface area contributed by atoms with E-state index in [9.17, 15) is 4.79 Å². The van der Waals surface area contributed by atoms with Gasteiger partial charge in [-0.2, -0.15) is 0 Å². The maximum atomic E-state index is 12.9. The van der Waals surface area contributed by atoms with Crippen LogP contribution >= 0.6 is 0 Å². The molecule has 0 radical (unpaired) electrons. The number of nitrogens with zero attached hydrogens (tertiary/aromatic N) is 1. The van der Waals surface area contributed by atoms with Gasteiger partial charge in [-0.1, -0.05) is 0 Å². The Morgan fingerprint density at radius 1 is 0.947 bits per heavy atom. The van der Waals surface area contributed by atoms with Crippen LogP contribution in [0.5, 0.6) is 0 Å². The topological polar surface area (TPSA) is 46.3 Å². The van der Waals surface area contributed by atoms with Crippen LogP contribution in [0.2, 0.25) is 0 Å². The van der Waals surface area contributed by atoms with Crippen LogP contribution in [0.25, 0.3) is 0 Å². The summed E-state index contributed by atoms with van der Waals surface area (Å²) < 4.78 is 0. The van der Waals surface area contributed by atoms with Crippen LogP contribution in [0, 0.1) is 29.6 Å². The van der Waals surface area contributed by atoms with Crippen molar-refractivity contribution in [1.82, 2.24) is 4.90 Å². The highest BCUT2D eigenvalue weighted by Gasteiger charge is 2.50. The van der Waals surface area contributed by atoms with Crippen LogP contribution < -0.4 is 5.73 Å². The van der Waals surface area contributed by atoms with Crippen LogP contribution in [0.1, 0.15) is 44.9 Å². The Bertz CT molecular complexity index is 359. The summed E-state index contributed by atoms with van der Waals surface area (Å²) in [6, 6.07) is 0.159. The fourth-order valence-corrected chi connectivity index (χ4v) is 4.39. The van der Waals surface area contributed by atoms with E-state index in [-0.39, 0.29) is 12.0 Å². The predicted octanol–water partition coefficient (Wildman–Crippen LogP) is 2.01. The van der Waals surface area contributed by atoms with E-state index in [1.54, 1.807) is 0 Å². The first-order chi connectivity index (χ1) is 9.22. The molecular formula is C16H26N2O. The third-order valence-electron chi connectivity index (χ3n) is 5.93. The van der Waals surface area contributed by atoms with Crippen LogP contribution in [0.3, 0.4) is 0 Å². The SMILES string of the molecule is NC1C2CCC(C2)C1C(=O)N(CC1CC1)CC1CC1. The number of fused-ring (bicyclic) bond motifs is 2. The van der Waals surface area contributed by atoms with Crippen molar-refractivity contribution in [3.63, 3.8) is 0 Å². The van der Waals surface area contributed by atoms with E-state index in [2.05, 4.69) is 4.90 Å². The summed E-state index contributed by atoms with van der Waals surface area (Å²) >= 11 is 0. The fourth-order valence-electron chi connectivity index (χ4n) is 4.39. The van der Waals surface area contributed by atoms with Gasteiger partial charge < -0.3 is 10.6 Å². The number of rotatable bonds is 5. The van der Waals surface area contributed by atoms with Crippen molar-refractivity contribution in [2.75, 3.05) is 13.1 Å². The van der Waals surface area contributed by atoms with Crippen molar-refractivity contribution in [2.24, 2.45) is 35.3 Å². The number of carbonyl (C=O) groups excluding carboxylic acids is 1. The van der Waals surface area contributed by atoms with Gasteiger partial charge >= 0.3 is 0 Å². The molecule has 2 bridgehead atoms. The minimum Gasteiger partial charge on any atom is -0.342 e. The number of amides is 1. The number of carbonyl (C=O) groups is 1. The van der Waals surface area contributed by atoms with Crippen LogP contribution in [0.15, 0.2) is 0 Å². The molecule has 4 fully saturated rings. The molecule has 0 aromatic rings. The number of hydrogen-bond donors (Lipinski definition) is 1. The average Bonchev–Trinajstić information content (AvgIpc) is 3.31. The summed E-state index contributed by atoms with van der Waals surface area (Å²) in [6.45, 7) is 2.05. The van der Waals surface area contributed by atoms with E-state index in [0.717, 1.165) is 24.9 Å². The van der Waals surface area contributed by atoms with Gasteiger partial charge in [0.15, 0.2) is 0 Å². The van der Waals surface area contributed by atoms with E-state index in [1.165, 1.54) is 44.9 Å². The van der Waals surface area contributed by atoms with Gasteiger partial charge in [-0.3, -0.25) is 4.79 Å². The first kappa shape index (κ1) is 12.2. The molecule has 3 nitrogen and oxygen atoms in total. The maximum Gasteiger partial charge on any atom is 0.227 e. The summed E-state index contributed by atoms with van der Waals surface area (Å²) in [5, 5.41) is 0. The predicted molar refractivity (Wildman–Crippen MR) is 74.3 cm³/mol. The summed E-state index contributed by atoms with van der Waals surface area (Å²) in [4.78, 5) is 15.1. The molecule has 0 aromatic heterocycles. The molecule has 19 heavy (non-hydrogen) atoms. The highest BCUT2D eigenvalue weighted by molar-refractivity contribution is 5.80. The lowest BCUT2D eigenvalue weighted by molar-refractivity contribution is -0.138. The lowest BCUT2D eigenvalue weighted by Gasteiger charge is -2.33. The van der Waals surface area contributed by atoms with Gasteiger partial charge in [0.2, 0.25) is 5.91 Å². The van der Waals surface area contributed by atoms with Crippen molar-refractivity contribution in [2.45, 2.75) is 51.0 Å². The minimum absolute atomic E-state index is 0.159. The first-order valence-corrected chi connectivity index (χ1v) is 8.26. The van der Waals surface area contributed by atoms with E-state index < -0.39 is 0 Å². The molecule has 4 saturated carbocycles. The van der Waals surface area contributed by atoms with Crippen LogP contribution in [0.4, 0.5) is 0 Å². The van der Waals surface area contributed by atoms with Crippen LogP contribution in [-0.4, -0.2) is 29.9 Å². The maximum absolute atomic E-state index is 12.9. The quantitative estimate of drug-likeness (QED) is 0.824. The molecule has 4 aliphatic carbocycles. The molecule has 0 aliphatic heterocycles. The average molecular weight is 262 g/mol. The summed E-state index contributed by atoms with van der Waals surface area (Å²) in [6.07, 6.45) is 9.05. The fraction of sp³-hybridized carbons (Fsp3) is 0.938. The second-order valence-corrected chi connectivity index (χ2v) is 7.57. The molecule has 3 heteroatoms. The second-order valence-electron chi connectivity index (χ2n) is 7.57. The zero-order valence-electron chi connectivity index (χ0n) is 11.8. The molecule has 0 saturated heterocycles. The van der Waals surface area contributed by atoms with Crippen molar-refractivity contribution in [1.29, 1.82) is 0 Å². The smallest absolute Gasteiger partial charge is 0.227 e. The Hall–Kier alpha value is -0.570. The molecule has 0 aromatic carbocycles. The highest BCUT2D eigenvalue weighted by Crippen LogP contribution is 2.48. The molecule has 1 amide bonds. The summed E-state index contributed by atoms with van der Waals surface area (Å²) in [5.74, 6) is 3.43. The zero-order valence-corrected chi connectivity index (χ0v) is 11.8. The Labute approximate surface area is 115 Å². The second kappa shape index (κ2) is 4.47. The number of nitrogens with two attached hydrogens (primary N) is 1. The molecule has 4 atom stereocenters. The molecule has 2 N–H and O–H groups in total. The largest absolute Gasteiger partial charge is 0.342 e. The standard InChI is InChI=1S/C16H26N2O/c17-15-13-6-5-12(7-13)14(15)16(19)18(8-10-1-2-10)9-11-3-4-11/h10-15H,1-9,17H2. The Balaban J connectivity index is 1.46. The van der Waals surface area contributed by atoms with Gasteiger partial charge in [0, 0.05) is 19.1 Å². The van der Waals surface area contributed by atoms with E-state index in [1.807, 2.05) is 0 Å². The van der Waals surface area contributed by atoms with Crippen molar-refractivity contribution in [3.8, 4) is 0 Å². The monoisotopic (exact) mass is 262 g/mol. The van der Waals surface area contributed by atoms with Gasteiger partial charge in [-0.15, -0.1) is 0 Å².